The Morgan fingerprint density at radius 2 is 2.29 bits per heavy atom. The predicted molar refractivity (Wildman–Crippen MR) is 68.6 cm³/mol. The first kappa shape index (κ1) is 15.5. The maximum absolute atomic E-state index is 14.2. The van der Waals surface area contributed by atoms with Gasteiger partial charge in [0.15, 0.2) is 6.10 Å². The molecule has 1 aliphatic rings. The maximum Gasteiger partial charge on any atom is 0.351 e. The first-order chi connectivity index (χ1) is 9.78. The first-order valence-corrected chi connectivity index (χ1v) is 6.08. The molecule has 1 aromatic heterocycles. The van der Waals surface area contributed by atoms with E-state index in [-0.39, 0.29) is 12.2 Å². The minimum Gasteiger partial charge on any atom is -0.393 e. The second kappa shape index (κ2) is 5.17. The van der Waals surface area contributed by atoms with Gasteiger partial charge in [-0.1, -0.05) is 6.08 Å². The molecule has 21 heavy (non-hydrogen) atoms. The van der Waals surface area contributed by atoms with E-state index in [0.29, 0.717) is 4.57 Å². The monoisotopic (exact) mass is 303 g/mol. The number of nitrogen functional groups attached to an aromatic ring is 1. The molecule has 7 nitrogen and oxygen atoms in total. The van der Waals surface area contributed by atoms with Crippen molar-refractivity contribution in [3.63, 3.8) is 0 Å². The Bertz CT molecular complexity index is 606. The summed E-state index contributed by atoms with van der Waals surface area (Å²) in [6, 6.07) is 1.15. The number of aromatic nitrogens is 2. The van der Waals surface area contributed by atoms with Crippen LogP contribution in [0.15, 0.2) is 29.7 Å². The number of halogens is 2. The quantitative estimate of drug-likeness (QED) is 0.656. The summed E-state index contributed by atoms with van der Waals surface area (Å²) in [6.45, 7) is 2.52. The van der Waals surface area contributed by atoms with E-state index < -0.39 is 36.2 Å². The van der Waals surface area contributed by atoms with Crippen LogP contribution in [0.3, 0.4) is 0 Å². The van der Waals surface area contributed by atoms with Crippen LogP contribution in [0.4, 0.5) is 14.6 Å². The largest absolute Gasteiger partial charge is 0.393 e. The number of nitrogens with two attached hydrogens (primary N) is 1. The molecule has 0 unspecified atom stereocenters. The van der Waals surface area contributed by atoms with Gasteiger partial charge in [0, 0.05) is 6.20 Å². The van der Waals surface area contributed by atoms with E-state index in [1.165, 1.54) is 6.08 Å². The summed E-state index contributed by atoms with van der Waals surface area (Å²) in [5.41, 5.74) is 2.32. The number of anilines is 1. The van der Waals surface area contributed by atoms with Crippen molar-refractivity contribution in [2.45, 2.75) is 30.3 Å². The lowest BCUT2D eigenvalue weighted by molar-refractivity contribution is -0.145. The summed E-state index contributed by atoms with van der Waals surface area (Å²) in [5.74, 6) is -3.93. The Hall–Kier alpha value is -1.84. The Balaban J connectivity index is 2.50. The molecule has 1 fully saturated rings. The Kier molecular flexibility index (Phi) is 3.83. The highest BCUT2D eigenvalue weighted by Gasteiger charge is 2.66. The molecule has 2 rings (SSSR count). The number of aliphatic hydroxyl groups excluding tert-OH is 2. The summed E-state index contributed by atoms with van der Waals surface area (Å²) in [5, 5.41) is 19.2. The molecule has 2 heterocycles. The summed E-state index contributed by atoms with van der Waals surface area (Å²) < 4.78 is 34.1. The highest BCUT2D eigenvalue weighted by molar-refractivity contribution is 5.24. The molecule has 1 aromatic rings. The van der Waals surface area contributed by atoms with Gasteiger partial charge in [0.1, 0.15) is 11.4 Å². The van der Waals surface area contributed by atoms with Gasteiger partial charge in [-0.15, -0.1) is 6.58 Å². The lowest BCUT2D eigenvalue weighted by atomic mass is 9.92. The zero-order chi connectivity index (χ0) is 15.8. The van der Waals surface area contributed by atoms with Gasteiger partial charge in [0.05, 0.1) is 6.61 Å². The number of alkyl halides is 2. The third-order valence-electron chi connectivity index (χ3n) is 3.40. The third kappa shape index (κ3) is 2.33. The van der Waals surface area contributed by atoms with Crippen molar-refractivity contribution in [1.82, 2.24) is 9.55 Å². The first-order valence-electron chi connectivity index (χ1n) is 6.08. The Morgan fingerprint density at radius 3 is 2.81 bits per heavy atom. The zero-order valence-corrected chi connectivity index (χ0v) is 10.9. The summed E-state index contributed by atoms with van der Waals surface area (Å²) >= 11 is 0. The van der Waals surface area contributed by atoms with E-state index in [4.69, 9.17) is 10.5 Å². The lowest BCUT2D eigenvalue weighted by Gasteiger charge is -2.28. The van der Waals surface area contributed by atoms with Crippen LogP contribution >= 0.6 is 0 Å². The molecule has 3 atom stereocenters. The van der Waals surface area contributed by atoms with Crippen LogP contribution in [0.5, 0.6) is 0 Å². The van der Waals surface area contributed by atoms with E-state index in [0.717, 1.165) is 12.3 Å². The van der Waals surface area contributed by atoms with Gasteiger partial charge in [0.2, 0.25) is 6.23 Å². The van der Waals surface area contributed by atoms with Crippen molar-refractivity contribution >= 4 is 5.82 Å². The smallest absolute Gasteiger partial charge is 0.351 e. The van der Waals surface area contributed by atoms with Gasteiger partial charge >= 0.3 is 11.6 Å². The molecule has 0 saturated carbocycles. The molecule has 1 saturated heterocycles. The van der Waals surface area contributed by atoms with Gasteiger partial charge in [0.25, 0.3) is 0 Å². The van der Waals surface area contributed by atoms with Gasteiger partial charge in [-0.05, 0) is 12.5 Å². The number of nitrogens with zero attached hydrogens (tertiary/aromatic N) is 2. The third-order valence-corrected chi connectivity index (χ3v) is 3.40. The molecule has 0 radical (unpaired) electrons. The molecule has 0 aliphatic carbocycles. The average molecular weight is 303 g/mol. The SMILES string of the molecule is C=CC[C@]1(CO)O[C@@H](n2ccc(N)nc2=O)C(F)(F)[C@@H]1O. The van der Waals surface area contributed by atoms with Crippen LogP contribution in [0, 0.1) is 0 Å². The highest BCUT2D eigenvalue weighted by atomic mass is 19.3. The van der Waals surface area contributed by atoms with Crippen LogP contribution in [0.2, 0.25) is 0 Å². The molecule has 4 N–H and O–H groups in total. The summed E-state index contributed by atoms with van der Waals surface area (Å²) in [6.07, 6.45) is -2.38. The Labute approximate surface area is 118 Å². The van der Waals surface area contributed by atoms with Crippen LogP contribution in [-0.4, -0.2) is 44.0 Å². The van der Waals surface area contributed by atoms with Crippen LogP contribution in [0.25, 0.3) is 0 Å². The summed E-state index contributed by atoms with van der Waals surface area (Å²) in [4.78, 5) is 15.0. The molecular formula is C12H15F2N3O4. The van der Waals surface area contributed by atoms with E-state index in [1.54, 1.807) is 0 Å². The normalized spacial score (nSPS) is 31.2. The number of hydrogen-bond acceptors (Lipinski definition) is 6. The molecular weight excluding hydrogens is 288 g/mol. The van der Waals surface area contributed by atoms with Gasteiger partial charge in [-0.25, -0.2) is 4.79 Å². The molecule has 116 valence electrons. The minimum absolute atomic E-state index is 0.127. The van der Waals surface area contributed by atoms with Crippen molar-refractivity contribution in [2.75, 3.05) is 12.3 Å². The second-order valence-corrected chi connectivity index (χ2v) is 4.81. The van der Waals surface area contributed by atoms with Crippen molar-refractivity contribution < 1.29 is 23.7 Å². The maximum atomic E-state index is 14.2. The molecule has 9 heteroatoms. The predicted octanol–water partition coefficient (Wildman–Crippen LogP) is -0.342. The van der Waals surface area contributed by atoms with Crippen molar-refractivity contribution in [3.8, 4) is 0 Å². The van der Waals surface area contributed by atoms with Crippen LogP contribution < -0.4 is 11.4 Å². The topological polar surface area (TPSA) is 111 Å². The highest BCUT2D eigenvalue weighted by Crippen LogP contribution is 2.48. The molecule has 0 spiro atoms. The summed E-state index contributed by atoms with van der Waals surface area (Å²) in [7, 11) is 0. The fraction of sp³-hybridized carbons (Fsp3) is 0.500. The van der Waals surface area contributed by atoms with E-state index in [2.05, 4.69) is 11.6 Å². The van der Waals surface area contributed by atoms with E-state index in [9.17, 15) is 23.8 Å². The molecule has 1 aliphatic heterocycles. The van der Waals surface area contributed by atoms with E-state index in [1.807, 2.05) is 0 Å². The fourth-order valence-corrected chi connectivity index (χ4v) is 2.29. The number of ether oxygens (including phenoxy) is 1. The van der Waals surface area contributed by atoms with Crippen LogP contribution in [-0.2, 0) is 4.74 Å². The van der Waals surface area contributed by atoms with Crippen molar-refractivity contribution in [3.05, 3.63) is 35.4 Å². The van der Waals surface area contributed by atoms with Crippen LogP contribution in [0.1, 0.15) is 12.6 Å². The minimum atomic E-state index is -3.80. The fourth-order valence-electron chi connectivity index (χ4n) is 2.29. The number of hydrogen-bond donors (Lipinski definition) is 3. The standard InChI is InChI=1S/C12H15F2N3O4/c1-2-4-11(6-18)8(19)12(13,14)9(21-11)17-5-3-7(15)16-10(17)20/h2-3,5,8-9,18-19H,1,4,6H2,(H2,15,16,20)/t8-,9-,11-/m1/s1. The second-order valence-electron chi connectivity index (χ2n) is 4.81. The molecule has 0 amide bonds. The van der Waals surface area contributed by atoms with Gasteiger partial charge in [-0.2, -0.15) is 13.8 Å². The van der Waals surface area contributed by atoms with Crippen molar-refractivity contribution in [2.24, 2.45) is 0 Å². The van der Waals surface area contributed by atoms with Gasteiger partial charge in [-0.3, -0.25) is 4.57 Å². The van der Waals surface area contributed by atoms with E-state index >= 15 is 0 Å². The molecule has 0 aromatic carbocycles. The number of rotatable bonds is 4. The number of aliphatic hydroxyl groups is 2. The lowest BCUT2D eigenvalue weighted by Crippen LogP contribution is -2.48. The van der Waals surface area contributed by atoms with Gasteiger partial charge < -0.3 is 20.7 Å². The Morgan fingerprint density at radius 1 is 1.62 bits per heavy atom. The van der Waals surface area contributed by atoms with Crippen molar-refractivity contribution in [1.29, 1.82) is 0 Å². The zero-order valence-electron chi connectivity index (χ0n) is 10.9. The average Bonchev–Trinajstić information content (AvgIpc) is 2.61. The molecule has 0 bridgehead atoms.